The minimum atomic E-state index is -0.516. The quantitative estimate of drug-likeness (QED) is 0.762. The van der Waals surface area contributed by atoms with Crippen molar-refractivity contribution < 1.29 is 4.79 Å². The van der Waals surface area contributed by atoms with E-state index in [1.54, 1.807) is 10.6 Å². The summed E-state index contributed by atoms with van der Waals surface area (Å²) >= 11 is 3.35. The summed E-state index contributed by atoms with van der Waals surface area (Å²) < 4.78 is 2.26. The van der Waals surface area contributed by atoms with Crippen LogP contribution >= 0.6 is 15.9 Å². The van der Waals surface area contributed by atoms with Crippen LogP contribution in [0, 0.1) is 12.3 Å². The number of aromatic nitrogens is 1. The van der Waals surface area contributed by atoms with Crippen LogP contribution in [0.15, 0.2) is 15.3 Å². The van der Waals surface area contributed by atoms with E-state index in [2.05, 4.69) is 33.2 Å². The van der Waals surface area contributed by atoms with Gasteiger partial charge in [-0.05, 0) is 72.6 Å². The first-order chi connectivity index (χ1) is 10.4. The lowest BCUT2D eigenvalue weighted by Crippen LogP contribution is -2.60. The average Bonchev–Trinajstić information content (AvgIpc) is 2.71. The lowest BCUT2D eigenvalue weighted by atomic mass is 9.66. The number of halogens is 1. The molecule has 3 heterocycles. The van der Waals surface area contributed by atoms with E-state index in [0.717, 1.165) is 44.3 Å². The summed E-state index contributed by atoms with van der Waals surface area (Å²) in [7, 11) is 2.15. The van der Waals surface area contributed by atoms with Gasteiger partial charge in [0, 0.05) is 13.1 Å². The number of hydrogen-bond donors (Lipinski definition) is 1. The maximum absolute atomic E-state index is 12.6. The second-order valence-corrected chi connectivity index (χ2v) is 8.18. The maximum Gasteiger partial charge on any atom is 0.270 e. The first kappa shape index (κ1) is 14.5. The maximum atomic E-state index is 12.6. The summed E-state index contributed by atoms with van der Waals surface area (Å²) in [6.45, 7) is 4.16. The minimum Gasteiger partial charge on any atom is -0.327 e. The highest BCUT2D eigenvalue weighted by molar-refractivity contribution is 9.10. The van der Waals surface area contributed by atoms with Crippen molar-refractivity contribution in [2.45, 2.75) is 38.3 Å². The first-order valence-corrected chi connectivity index (χ1v) is 8.59. The highest BCUT2D eigenvalue weighted by Gasteiger charge is 2.52. The Morgan fingerprint density at radius 2 is 1.82 bits per heavy atom. The fourth-order valence-corrected chi connectivity index (χ4v) is 5.20. The van der Waals surface area contributed by atoms with Crippen LogP contribution < -0.4 is 10.9 Å². The molecule has 0 unspecified atom stereocenters. The standard InChI is InChI=1S/C16H20BrN3O2/c1-10-7-11(17)14(22)20-12(10)13(21)18-16(20)5-3-15(4-6-16)8-19(2)9-15/h7H,3-6,8-9H2,1-2H3,(H,18,21). The van der Waals surface area contributed by atoms with Gasteiger partial charge < -0.3 is 10.2 Å². The molecule has 1 saturated carbocycles. The van der Waals surface area contributed by atoms with Crippen LogP contribution in [0.4, 0.5) is 0 Å². The molecule has 0 bridgehead atoms. The number of amides is 1. The summed E-state index contributed by atoms with van der Waals surface area (Å²) in [6.07, 6.45) is 3.81. The van der Waals surface area contributed by atoms with Crippen molar-refractivity contribution in [3.63, 3.8) is 0 Å². The highest BCUT2D eigenvalue weighted by atomic mass is 79.9. The number of fused-ring (bicyclic) bond motifs is 2. The molecule has 6 heteroatoms. The number of aryl methyl sites for hydroxylation is 1. The normalized spacial score (nSPS) is 25.1. The van der Waals surface area contributed by atoms with Crippen molar-refractivity contribution in [2.24, 2.45) is 5.41 Å². The number of carbonyl (C=O) groups excluding carboxylic acids is 1. The Labute approximate surface area is 137 Å². The Hall–Kier alpha value is -1.14. The molecule has 22 heavy (non-hydrogen) atoms. The Balaban J connectivity index is 1.75. The molecule has 4 rings (SSSR count). The van der Waals surface area contributed by atoms with Gasteiger partial charge in [-0.25, -0.2) is 0 Å². The highest BCUT2D eigenvalue weighted by Crippen LogP contribution is 2.49. The summed E-state index contributed by atoms with van der Waals surface area (Å²) in [6, 6.07) is 1.75. The van der Waals surface area contributed by atoms with Crippen molar-refractivity contribution in [1.82, 2.24) is 14.8 Å². The van der Waals surface area contributed by atoms with E-state index in [4.69, 9.17) is 0 Å². The predicted octanol–water partition coefficient (Wildman–Crippen LogP) is 1.82. The van der Waals surface area contributed by atoms with Crippen molar-refractivity contribution in [1.29, 1.82) is 0 Å². The Bertz CT molecular complexity index is 724. The van der Waals surface area contributed by atoms with E-state index in [0.29, 0.717) is 15.6 Å². The largest absolute Gasteiger partial charge is 0.327 e. The van der Waals surface area contributed by atoms with Gasteiger partial charge in [0.25, 0.3) is 11.5 Å². The van der Waals surface area contributed by atoms with Crippen molar-refractivity contribution in [2.75, 3.05) is 20.1 Å². The monoisotopic (exact) mass is 365 g/mol. The van der Waals surface area contributed by atoms with E-state index in [1.165, 1.54) is 0 Å². The van der Waals surface area contributed by atoms with Crippen molar-refractivity contribution >= 4 is 21.8 Å². The van der Waals surface area contributed by atoms with Crippen LogP contribution in [0.2, 0.25) is 0 Å². The first-order valence-electron chi connectivity index (χ1n) is 7.80. The summed E-state index contributed by atoms with van der Waals surface area (Å²) in [5, 5.41) is 3.13. The minimum absolute atomic E-state index is 0.0966. The molecule has 1 amide bonds. The van der Waals surface area contributed by atoms with E-state index < -0.39 is 5.66 Å². The molecular formula is C16H20BrN3O2. The number of nitrogens with one attached hydrogen (secondary N) is 1. The molecule has 1 aromatic heterocycles. The van der Waals surface area contributed by atoms with E-state index in [1.807, 2.05) is 6.92 Å². The van der Waals surface area contributed by atoms with Gasteiger partial charge in [-0.2, -0.15) is 0 Å². The molecule has 2 fully saturated rings. The fourth-order valence-electron chi connectivity index (χ4n) is 4.68. The Morgan fingerprint density at radius 3 is 2.41 bits per heavy atom. The summed E-state index contributed by atoms with van der Waals surface area (Å²) in [4.78, 5) is 27.4. The molecule has 0 atom stereocenters. The number of pyridine rings is 1. The third kappa shape index (κ3) is 1.80. The molecule has 2 aliphatic heterocycles. The molecule has 1 aliphatic carbocycles. The van der Waals surface area contributed by atoms with Gasteiger partial charge in [-0.15, -0.1) is 0 Å². The SMILES string of the molecule is Cc1cc(Br)c(=O)n2c1C(=O)NC21CCC2(CC1)CN(C)C2. The van der Waals surface area contributed by atoms with Gasteiger partial charge in [0.1, 0.15) is 11.4 Å². The van der Waals surface area contributed by atoms with E-state index in [-0.39, 0.29) is 11.5 Å². The lowest BCUT2D eigenvalue weighted by molar-refractivity contribution is -0.0433. The molecule has 118 valence electrons. The van der Waals surface area contributed by atoms with Crippen LogP contribution in [-0.2, 0) is 5.66 Å². The zero-order chi connectivity index (χ0) is 15.7. The summed E-state index contributed by atoms with van der Waals surface area (Å²) in [5.74, 6) is -0.108. The topological polar surface area (TPSA) is 54.3 Å². The molecule has 3 aliphatic rings. The second-order valence-electron chi connectivity index (χ2n) is 7.32. The molecule has 1 aromatic rings. The van der Waals surface area contributed by atoms with Gasteiger partial charge in [-0.3, -0.25) is 14.2 Å². The van der Waals surface area contributed by atoms with Gasteiger partial charge in [-0.1, -0.05) is 0 Å². The van der Waals surface area contributed by atoms with Gasteiger partial charge >= 0.3 is 0 Å². The molecule has 2 spiro atoms. The second kappa shape index (κ2) is 4.45. The zero-order valence-electron chi connectivity index (χ0n) is 12.9. The lowest BCUT2D eigenvalue weighted by Gasteiger charge is -2.54. The number of likely N-dealkylation sites (tertiary alicyclic amines) is 1. The van der Waals surface area contributed by atoms with Gasteiger partial charge in [0.05, 0.1) is 4.47 Å². The molecule has 0 radical (unpaired) electrons. The molecule has 1 N–H and O–H groups in total. The third-order valence-electron chi connectivity index (χ3n) is 5.69. The van der Waals surface area contributed by atoms with Crippen molar-refractivity contribution in [3.8, 4) is 0 Å². The smallest absolute Gasteiger partial charge is 0.270 e. The average molecular weight is 366 g/mol. The third-order valence-corrected chi connectivity index (χ3v) is 6.25. The molecule has 0 aromatic carbocycles. The molecule has 5 nitrogen and oxygen atoms in total. The number of rotatable bonds is 0. The summed E-state index contributed by atoms with van der Waals surface area (Å²) in [5.41, 5.74) is 1.18. The zero-order valence-corrected chi connectivity index (χ0v) is 14.5. The van der Waals surface area contributed by atoms with E-state index >= 15 is 0 Å². The van der Waals surface area contributed by atoms with E-state index in [9.17, 15) is 9.59 Å². The van der Waals surface area contributed by atoms with Gasteiger partial charge in [0.2, 0.25) is 0 Å². The fraction of sp³-hybridized carbons (Fsp3) is 0.625. The number of hydrogen-bond acceptors (Lipinski definition) is 3. The van der Waals surface area contributed by atoms with Crippen molar-refractivity contribution in [3.05, 3.63) is 32.2 Å². The Morgan fingerprint density at radius 1 is 1.18 bits per heavy atom. The van der Waals surface area contributed by atoms with Crippen LogP contribution in [0.1, 0.15) is 41.7 Å². The van der Waals surface area contributed by atoms with Crippen LogP contribution in [0.5, 0.6) is 0 Å². The van der Waals surface area contributed by atoms with Crippen LogP contribution in [-0.4, -0.2) is 35.5 Å². The molecular weight excluding hydrogens is 346 g/mol. The predicted molar refractivity (Wildman–Crippen MR) is 87.0 cm³/mol. The van der Waals surface area contributed by atoms with Gasteiger partial charge in [0.15, 0.2) is 0 Å². The van der Waals surface area contributed by atoms with Crippen LogP contribution in [0.3, 0.4) is 0 Å². The molecule has 1 saturated heterocycles. The van der Waals surface area contributed by atoms with Crippen LogP contribution in [0.25, 0.3) is 0 Å². The Kier molecular flexibility index (Phi) is 2.92. The number of nitrogens with zero attached hydrogens (tertiary/aromatic N) is 2. The number of carbonyl (C=O) groups is 1.